The van der Waals surface area contributed by atoms with Crippen molar-refractivity contribution in [1.29, 1.82) is 0 Å². The van der Waals surface area contributed by atoms with Crippen LogP contribution in [0.15, 0.2) is 0 Å². The summed E-state index contributed by atoms with van der Waals surface area (Å²) in [4.78, 5) is 21.6. The maximum atomic E-state index is 11.0. The quantitative estimate of drug-likeness (QED) is 0.622. The zero-order valence-electron chi connectivity index (χ0n) is 7.59. The number of rotatable bonds is 4. The number of aliphatic hydroxyl groups excluding tert-OH is 1. The number of hydrogen-bond donors (Lipinski definition) is 1. The van der Waals surface area contributed by atoms with Gasteiger partial charge in [-0.05, 0) is 13.8 Å². The molecule has 0 aromatic heterocycles. The second kappa shape index (κ2) is 4.21. The SMILES string of the molecule is CC(=O)OC(C)(CCO)C(C)=O. The van der Waals surface area contributed by atoms with Gasteiger partial charge in [-0.3, -0.25) is 9.59 Å². The summed E-state index contributed by atoms with van der Waals surface area (Å²) in [6.07, 6.45) is 0.141. The summed E-state index contributed by atoms with van der Waals surface area (Å²) in [6, 6.07) is 0. The number of ether oxygens (including phenoxy) is 1. The third-order valence-electron chi connectivity index (χ3n) is 1.70. The molecule has 1 atom stereocenters. The first-order chi connectivity index (χ1) is 5.42. The Morgan fingerprint density at radius 1 is 1.42 bits per heavy atom. The van der Waals surface area contributed by atoms with Gasteiger partial charge in [0.15, 0.2) is 11.4 Å². The molecule has 0 radical (unpaired) electrons. The molecule has 12 heavy (non-hydrogen) atoms. The van der Waals surface area contributed by atoms with Gasteiger partial charge < -0.3 is 9.84 Å². The fraction of sp³-hybridized carbons (Fsp3) is 0.750. The molecule has 0 aliphatic rings. The van der Waals surface area contributed by atoms with E-state index in [-0.39, 0.29) is 18.8 Å². The number of ketones is 1. The highest BCUT2D eigenvalue weighted by atomic mass is 16.6. The molecule has 0 amide bonds. The van der Waals surface area contributed by atoms with E-state index in [0.717, 1.165) is 0 Å². The maximum absolute atomic E-state index is 11.0. The minimum Gasteiger partial charge on any atom is -0.451 e. The summed E-state index contributed by atoms with van der Waals surface area (Å²) in [5.41, 5.74) is -1.17. The van der Waals surface area contributed by atoms with E-state index in [1.807, 2.05) is 0 Å². The van der Waals surface area contributed by atoms with E-state index < -0.39 is 11.6 Å². The van der Waals surface area contributed by atoms with E-state index in [1.54, 1.807) is 0 Å². The Bertz CT molecular complexity index is 187. The number of esters is 1. The minimum absolute atomic E-state index is 0.141. The molecule has 0 saturated carbocycles. The Morgan fingerprint density at radius 3 is 2.17 bits per heavy atom. The summed E-state index contributed by atoms with van der Waals surface area (Å²) < 4.78 is 4.79. The lowest BCUT2D eigenvalue weighted by atomic mass is 9.98. The third kappa shape index (κ3) is 3.00. The number of carbonyl (C=O) groups is 2. The van der Waals surface area contributed by atoms with Crippen LogP contribution in [0.3, 0.4) is 0 Å². The summed E-state index contributed by atoms with van der Waals surface area (Å²) in [5, 5.41) is 8.62. The molecule has 1 unspecified atom stereocenters. The van der Waals surface area contributed by atoms with Gasteiger partial charge in [-0.15, -0.1) is 0 Å². The van der Waals surface area contributed by atoms with Gasteiger partial charge in [-0.1, -0.05) is 0 Å². The fourth-order valence-corrected chi connectivity index (χ4v) is 0.829. The normalized spacial score (nSPS) is 15.0. The molecule has 0 fully saturated rings. The van der Waals surface area contributed by atoms with E-state index in [0.29, 0.717) is 0 Å². The van der Waals surface area contributed by atoms with Crippen molar-refractivity contribution in [2.75, 3.05) is 6.61 Å². The van der Waals surface area contributed by atoms with Crippen molar-refractivity contribution < 1.29 is 19.4 Å². The van der Waals surface area contributed by atoms with Crippen LogP contribution in [0.2, 0.25) is 0 Å². The monoisotopic (exact) mass is 174 g/mol. The van der Waals surface area contributed by atoms with Gasteiger partial charge in [0, 0.05) is 20.0 Å². The predicted octanol–water partition coefficient (Wildman–Crippen LogP) is 0.280. The first-order valence-electron chi connectivity index (χ1n) is 3.74. The van der Waals surface area contributed by atoms with E-state index in [1.165, 1.54) is 20.8 Å². The highest BCUT2D eigenvalue weighted by Crippen LogP contribution is 2.16. The molecule has 0 rings (SSSR count). The van der Waals surface area contributed by atoms with Gasteiger partial charge in [0.1, 0.15) is 0 Å². The van der Waals surface area contributed by atoms with Crippen LogP contribution in [0.25, 0.3) is 0 Å². The maximum Gasteiger partial charge on any atom is 0.303 e. The number of hydrogen-bond acceptors (Lipinski definition) is 4. The van der Waals surface area contributed by atoms with Crippen LogP contribution >= 0.6 is 0 Å². The Morgan fingerprint density at radius 2 is 1.92 bits per heavy atom. The highest BCUT2D eigenvalue weighted by Gasteiger charge is 2.32. The van der Waals surface area contributed by atoms with Crippen LogP contribution in [0.1, 0.15) is 27.2 Å². The number of carbonyl (C=O) groups excluding carboxylic acids is 2. The van der Waals surface area contributed by atoms with E-state index in [2.05, 4.69) is 0 Å². The lowest BCUT2D eigenvalue weighted by Gasteiger charge is -2.25. The average Bonchev–Trinajstić information content (AvgIpc) is 1.85. The molecule has 70 valence electrons. The summed E-state index contributed by atoms with van der Waals surface area (Å²) >= 11 is 0. The first kappa shape index (κ1) is 11.1. The first-order valence-corrected chi connectivity index (χ1v) is 3.74. The molecular weight excluding hydrogens is 160 g/mol. The molecule has 0 aromatic rings. The molecule has 0 bridgehead atoms. The van der Waals surface area contributed by atoms with Crippen molar-refractivity contribution in [3.8, 4) is 0 Å². The number of aliphatic hydroxyl groups is 1. The van der Waals surface area contributed by atoms with Crippen molar-refractivity contribution in [2.24, 2.45) is 0 Å². The molecule has 4 heteroatoms. The van der Waals surface area contributed by atoms with Crippen molar-refractivity contribution in [1.82, 2.24) is 0 Å². The fourth-order valence-electron chi connectivity index (χ4n) is 0.829. The summed E-state index contributed by atoms with van der Waals surface area (Å²) in [5.74, 6) is -0.770. The Balaban J connectivity index is 4.38. The highest BCUT2D eigenvalue weighted by molar-refractivity contribution is 5.86. The molecule has 1 N–H and O–H groups in total. The second-order valence-electron chi connectivity index (χ2n) is 2.85. The minimum atomic E-state index is -1.17. The summed E-state index contributed by atoms with van der Waals surface area (Å²) in [7, 11) is 0. The molecule has 0 spiro atoms. The zero-order valence-corrected chi connectivity index (χ0v) is 7.59. The number of Topliss-reactive ketones (excluding diaryl/α,β-unsaturated/α-hetero) is 1. The smallest absolute Gasteiger partial charge is 0.303 e. The van der Waals surface area contributed by atoms with Gasteiger partial charge in [-0.2, -0.15) is 0 Å². The molecule has 0 heterocycles. The van der Waals surface area contributed by atoms with Gasteiger partial charge in [0.05, 0.1) is 0 Å². The van der Waals surface area contributed by atoms with Crippen molar-refractivity contribution in [3.05, 3.63) is 0 Å². The Kier molecular flexibility index (Phi) is 3.89. The lowest BCUT2D eigenvalue weighted by molar-refractivity contribution is -0.164. The van der Waals surface area contributed by atoms with Crippen LogP contribution < -0.4 is 0 Å². The topological polar surface area (TPSA) is 63.6 Å². The lowest BCUT2D eigenvalue weighted by Crippen LogP contribution is -2.39. The van der Waals surface area contributed by atoms with E-state index in [9.17, 15) is 9.59 Å². The third-order valence-corrected chi connectivity index (χ3v) is 1.70. The van der Waals surface area contributed by atoms with Crippen molar-refractivity contribution in [3.63, 3.8) is 0 Å². The van der Waals surface area contributed by atoms with Gasteiger partial charge in [0.2, 0.25) is 0 Å². The van der Waals surface area contributed by atoms with Gasteiger partial charge >= 0.3 is 5.97 Å². The van der Waals surface area contributed by atoms with Crippen LogP contribution in [0, 0.1) is 0 Å². The van der Waals surface area contributed by atoms with Crippen molar-refractivity contribution in [2.45, 2.75) is 32.8 Å². The molecule has 0 saturated heterocycles. The summed E-state index contributed by atoms with van der Waals surface area (Å²) in [6.45, 7) is 3.88. The van der Waals surface area contributed by atoms with Crippen molar-refractivity contribution >= 4 is 11.8 Å². The van der Waals surface area contributed by atoms with Crippen LogP contribution in [0.5, 0.6) is 0 Å². The predicted molar refractivity (Wildman–Crippen MR) is 42.6 cm³/mol. The van der Waals surface area contributed by atoms with Crippen LogP contribution in [0.4, 0.5) is 0 Å². The zero-order chi connectivity index (χ0) is 9.78. The second-order valence-corrected chi connectivity index (χ2v) is 2.85. The molecule has 0 aromatic carbocycles. The van der Waals surface area contributed by atoms with Crippen LogP contribution in [-0.4, -0.2) is 29.1 Å². The molecule has 0 aliphatic heterocycles. The van der Waals surface area contributed by atoms with E-state index in [4.69, 9.17) is 9.84 Å². The van der Waals surface area contributed by atoms with Crippen LogP contribution in [-0.2, 0) is 14.3 Å². The Hall–Kier alpha value is -0.900. The van der Waals surface area contributed by atoms with E-state index >= 15 is 0 Å². The average molecular weight is 174 g/mol. The molecular formula is C8H14O4. The standard InChI is InChI=1S/C8H14O4/c1-6(10)8(3,4-5-9)12-7(2)11/h9H,4-5H2,1-3H3. The molecule has 4 nitrogen and oxygen atoms in total. The van der Waals surface area contributed by atoms with Gasteiger partial charge in [0.25, 0.3) is 0 Å². The molecule has 0 aliphatic carbocycles. The Labute approximate surface area is 71.5 Å². The largest absolute Gasteiger partial charge is 0.451 e. The van der Waals surface area contributed by atoms with Gasteiger partial charge in [-0.25, -0.2) is 0 Å².